The first-order valence-electron chi connectivity index (χ1n) is 7.94. The standard InChI is InChI=1S/C20H28N3/c1-21(2)15-20(16-7-11-18(12-8-16)22(3)4)17-9-13-19(14-10-17)23(5)6/h7-14H,15H2,1-6H3/q+1. The van der Waals surface area contributed by atoms with Crippen molar-refractivity contribution >= 4 is 17.0 Å². The second kappa shape index (κ2) is 7.42. The van der Waals surface area contributed by atoms with Crippen molar-refractivity contribution in [3.8, 4) is 0 Å². The van der Waals surface area contributed by atoms with E-state index in [4.69, 9.17) is 0 Å². The van der Waals surface area contributed by atoms with E-state index < -0.39 is 0 Å². The van der Waals surface area contributed by atoms with Crippen molar-refractivity contribution in [2.75, 3.05) is 53.7 Å². The topological polar surface area (TPSA) is 9.49 Å². The lowest BCUT2D eigenvalue weighted by Gasteiger charge is -2.19. The Kier molecular flexibility index (Phi) is 5.56. The summed E-state index contributed by atoms with van der Waals surface area (Å²) in [4.78, 5) is 4.34. The van der Waals surface area contributed by atoms with Gasteiger partial charge in [-0.05, 0) is 55.1 Å². The van der Waals surface area contributed by atoms with E-state index in [0.717, 1.165) is 6.54 Å². The molecule has 1 aromatic carbocycles. The van der Waals surface area contributed by atoms with Gasteiger partial charge in [-0.25, -0.2) is 4.58 Å². The summed E-state index contributed by atoms with van der Waals surface area (Å²) in [5, 5.41) is 0. The molecule has 0 amide bonds. The van der Waals surface area contributed by atoms with Crippen LogP contribution in [0.3, 0.4) is 0 Å². The first-order chi connectivity index (χ1) is 10.9. The molecule has 0 fully saturated rings. The van der Waals surface area contributed by atoms with Crippen LogP contribution in [0.15, 0.2) is 54.1 Å². The van der Waals surface area contributed by atoms with Gasteiger partial charge in [0.05, 0.1) is 0 Å². The van der Waals surface area contributed by atoms with Crippen LogP contribution in [-0.4, -0.2) is 64.0 Å². The molecule has 3 nitrogen and oxygen atoms in total. The number of hydrogen-bond acceptors (Lipinski definition) is 2. The Labute approximate surface area is 140 Å². The van der Waals surface area contributed by atoms with Crippen LogP contribution in [0.25, 0.3) is 5.57 Å². The molecule has 0 bridgehead atoms. The number of rotatable bonds is 4. The summed E-state index contributed by atoms with van der Waals surface area (Å²) in [5.41, 5.74) is 6.36. The molecule has 0 radical (unpaired) electrons. The molecule has 0 aliphatic heterocycles. The molecule has 0 unspecified atom stereocenters. The number of benzene rings is 1. The molecule has 0 spiro atoms. The predicted molar refractivity (Wildman–Crippen MR) is 102 cm³/mol. The summed E-state index contributed by atoms with van der Waals surface area (Å²) >= 11 is 0. The highest BCUT2D eigenvalue weighted by atomic mass is 15.1. The quantitative estimate of drug-likeness (QED) is 0.791. The van der Waals surface area contributed by atoms with Gasteiger partial charge in [0.1, 0.15) is 14.1 Å². The second-order valence-electron chi connectivity index (χ2n) is 6.60. The lowest BCUT2D eigenvalue weighted by atomic mass is 9.95. The molecule has 3 heteroatoms. The van der Waals surface area contributed by atoms with E-state index in [1.807, 2.05) is 0 Å². The minimum Gasteiger partial charge on any atom is -0.378 e. The van der Waals surface area contributed by atoms with Gasteiger partial charge in [0, 0.05) is 38.5 Å². The van der Waals surface area contributed by atoms with Crippen LogP contribution < -0.4 is 4.90 Å². The zero-order chi connectivity index (χ0) is 17.0. The van der Waals surface area contributed by atoms with Crippen LogP contribution in [0, 0.1) is 0 Å². The van der Waals surface area contributed by atoms with Gasteiger partial charge in [0.2, 0.25) is 0 Å². The van der Waals surface area contributed by atoms with E-state index in [2.05, 4.69) is 105 Å². The van der Waals surface area contributed by atoms with Crippen LogP contribution in [0.2, 0.25) is 0 Å². The Morgan fingerprint density at radius 3 is 1.87 bits per heavy atom. The molecule has 0 saturated carbocycles. The van der Waals surface area contributed by atoms with E-state index >= 15 is 0 Å². The lowest BCUT2D eigenvalue weighted by molar-refractivity contribution is -0.462. The summed E-state index contributed by atoms with van der Waals surface area (Å²) in [6.07, 6.45) is 8.79. The molecular formula is C20H28N3+. The Bertz CT molecular complexity index is 649. The highest BCUT2D eigenvalue weighted by molar-refractivity contribution is 6.03. The normalized spacial score (nSPS) is 13.7. The first-order valence-corrected chi connectivity index (χ1v) is 7.94. The van der Waals surface area contributed by atoms with Crippen molar-refractivity contribution in [2.45, 2.75) is 0 Å². The smallest absolute Gasteiger partial charge is 0.199 e. The fourth-order valence-corrected chi connectivity index (χ4v) is 2.59. The van der Waals surface area contributed by atoms with E-state index in [9.17, 15) is 0 Å². The largest absolute Gasteiger partial charge is 0.378 e. The molecule has 0 N–H and O–H groups in total. The van der Waals surface area contributed by atoms with Crippen molar-refractivity contribution < 1.29 is 4.58 Å². The highest BCUT2D eigenvalue weighted by Gasteiger charge is 2.12. The third kappa shape index (κ3) is 4.42. The van der Waals surface area contributed by atoms with Crippen LogP contribution in [0.5, 0.6) is 0 Å². The Morgan fingerprint density at radius 2 is 1.43 bits per heavy atom. The van der Waals surface area contributed by atoms with Crippen molar-refractivity contribution in [1.82, 2.24) is 4.90 Å². The average Bonchev–Trinajstić information content (AvgIpc) is 2.52. The monoisotopic (exact) mass is 310 g/mol. The van der Waals surface area contributed by atoms with Crippen LogP contribution in [0.1, 0.15) is 5.56 Å². The third-order valence-corrected chi connectivity index (χ3v) is 3.94. The van der Waals surface area contributed by atoms with E-state index in [-0.39, 0.29) is 0 Å². The van der Waals surface area contributed by atoms with Crippen molar-refractivity contribution in [3.63, 3.8) is 0 Å². The highest BCUT2D eigenvalue weighted by Crippen LogP contribution is 2.25. The number of hydrogen-bond donors (Lipinski definition) is 0. The van der Waals surface area contributed by atoms with Crippen LogP contribution in [0.4, 0.5) is 5.69 Å². The molecule has 0 atom stereocenters. The molecule has 23 heavy (non-hydrogen) atoms. The van der Waals surface area contributed by atoms with E-state index in [1.165, 1.54) is 28.1 Å². The molecular weight excluding hydrogens is 282 g/mol. The van der Waals surface area contributed by atoms with Crippen LogP contribution in [-0.2, 0) is 0 Å². The first kappa shape index (κ1) is 17.2. The van der Waals surface area contributed by atoms with Crippen LogP contribution >= 0.6 is 0 Å². The van der Waals surface area contributed by atoms with Gasteiger partial charge >= 0.3 is 0 Å². The minimum atomic E-state index is 0.919. The van der Waals surface area contributed by atoms with E-state index in [1.54, 1.807) is 0 Å². The zero-order valence-corrected chi connectivity index (χ0v) is 15.2. The molecule has 2 rings (SSSR count). The summed E-state index contributed by atoms with van der Waals surface area (Å²) in [6.45, 7) is 0.919. The minimum absolute atomic E-state index is 0.919. The molecule has 1 aliphatic carbocycles. The fourth-order valence-electron chi connectivity index (χ4n) is 2.59. The Hall–Kier alpha value is -2.13. The fraction of sp³-hybridized carbons (Fsp3) is 0.350. The summed E-state index contributed by atoms with van der Waals surface area (Å²) in [6, 6.07) is 8.79. The Morgan fingerprint density at radius 1 is 0.870 bits per heavy atom. The maximum atomic E-state index is 2.22. The lowest BCUT2D eigenvalue weighted by Crippen LogP contribution is -2.16. The van der Waals surface area contributed by atoms with Crippen molar-refractivity contribution in [3.05, 3.63) is 59.7 Å². The van der Waals surface area contributed by atoms with Gasteiger partial charge in [-0.3, -0.25) is 0 Å². The number of anilines is 1. The second-order valence-corrected chi connectivity index (χ2v) is 6.60. The number of nitrogens with zero attached hydrogens (tertiary/aromatic N) is 3. The number of allylic oxidation sites excluding steroid dienone is 5. The summed E-state index contributed by atoms with van der Waals surface area (Å²) in [5.74, 6) is 0. The van der Waals surface area contributed by atoms with Gasteiger partial charge in [0.25, 0.3) is 0 Å². The molecule has 0 heterocycles. The van der Waals surface area contributed by atoms with Crippen molar-refractivity contribution in [1.29, 1.82) is 0 Å². The zero-order valence-electron chi connectivity index (χ0n) is 15.2. The predicted octanol–water partition coefficient (Wildman–Crippen LogP) is 2.91. The van der Waals surface area contributed by atoms with Gasteiger partial charge in [0.15, 0.2) is 5.71 Å². The van der Waals surface area contributed by atoms with E-state index in [0.29, 0.717) is 0 Å². The van der Waals surface area contributed by atoms with Gasteiger partial charge in [-0.1, -0.05) is 12.1 Å². The molecule has 1 aliphatic rings. The van der Waals surface area contributed by atoms with Gasteiger partial charge in [-0.2, -0.15) is 0 Å². The average molecular weight is 310 g/mol. The molecule has 0 saturated heterocycles. The van der Waals surface area contributed by atoms with Crippen molar-refractivity contribution in [2.24, 2.45) is 0 Å². The SMILES string of the molecule is CN(C)CC(=C1C=CC(=[N+](C)C)C=C1)c1ccc(N(C)C)cc1. The molecule has 122 valence electrons. The summed E-state index contributed by atoms with van der Waals surface area (Å²) in [7, 11) is 12.5. The Balaban J connectivity index is 2.42. The van der Waals surface area contributed by atoms with Gasteiger partial charge in [-0.15, -0.1) is 0 Å². The third-order valence-electron chi connectivity index (χ3n) is 3.94. The maximum Gasteiger partial charge on any atom is 0.199 e. The molecule has 0 aromatic heterocycles. The maximum absolute atomic E-state index is 2.22. The summed E-state index contributed by atoms with van der Waals surface area (Å²) < 4.78 is 2.13. The van der Waals surface area contributed by atoms with Gasteiger partial charge < -0.3 is 9.80 Å². The molecule has 1 aromatic rings. The number of likely N-dealkylation sites (N-methyl/N-ethyl adjacent to an activating group) is 1.